The number of ether oxygens (including phenoxy) is 1. The van der Waals surface area contributed by atoms with E-state index in [-0.39, 0.29) is 17.6 Å². The Bertz CT molecular complexity index is 736. The van der Waals surface area contributed by atoms with Crippen molar-refractivity contribution in [3.63, 3.8) is 0 Å². The molecule has 0 bridgehead atoms. The van der Waals surface area contributed by atoms with Gasteiger partial charge < -0.3 is 10.1 Å². The number of aryl methyl sites for hydroxylation is 2. The van der Waals surface area contributed by atoms with E-state index in [9.17, 15) is 4.79 Å². The van der Waals surface area contributed by atoms with Crippen molar-refractivity contribution in [1.82, 2.24) is 20.3 Å². The SMILES string of the molecule is CCn1nnc(C)c1C(=O)N[C@H]1CC(C)(C)Oc2ccccc21. The van der Waals surface area contributed by atoms with Crippen molar-refractivity contribution in [2.24, 2.45) is 0 Å². The Kier molecular flexibility index (Phi) is 3.83. The van der Waals surface area contributed by atoms with Gasteiger partial charge in [0.05, 0.1) is 11.7 Å². The van der Waals surface area contributed by atoms with Gasteiger partial charge in [0.1, 0.15) is 17.0 Å². The van der Waals surface area contributed by atoms with Crippen molar-refractivity contribution < 1.29 is 9.53 Å². The van der Waals surface area contributed by atoms with E-state index in [2.05, 4.69) is 15.6 Å². The number of carbonyl (C=O) groups is 1. The molecule has 1 aliphatic heterocycles. The third-order valence-electron chi connectivity index (χ3n) is 4.10. The second-order valence-corrected chi connectivity index (χ2v) is 6.47. The van der Waals surface area contributed by atoms with Crippen LogP contribution in [0.5, 0.6) is 5.75 Å². The fourth-order valence-electron chi connectivity index (χ4n) is 3.06. The van der Waals surface area contributed by atoms with E-state index in [0.29, 0.717) is 24.4 Å². The van der Waals surface area contributed by atoms with Gasteiger partial charge in [-0.2, -0.15) is 0 Å². The molecule has 1 atom stereocenters. The third-order valence-corrected chi connectivity index (χ3v) is 4.10. The minimum atomic E-state index is -0.329. The topological polar surface area (TPSA) is 69.0 Å². The first-order chi connectivity index (χ1) is 10.9. The standard InChI is InChI=1S/C17H22N4O2/c1-5-21-15(11(2)19-20-21)16(22)18-13-10-17(3,4)23-14-9-7-6-8-12(13)14/h6-9,13H,5,10H2,1-4H3,(H,18,22)/t13-/m0/s1. The summed E-state index contributed by atoms with van der Waals surface area (Å²) < 4.78 is 7.64. The fraction of sp³-hybridized carbons (Fsp3) is 0.471. The largest absolute Gasteiger partial charge is 0.487 e. The first kappa shape index (κ1) is 15.5. The quantitative estimate of drug-likeness (QED) is 0.945. The summed E-state index contributed by atoms with van der Waals surface area (Å²) in [5.74, 6) is 0.680. The number of hydrogen-bond donors (Lipinski definition) is 1. The molecule has 0 spiro atoms. The molecular formula is C17H22N4O2. The van der Waals surface area contributed by atoms with Gasteiger partial charge in [-0.1, -0.05) is 23.4 Å². The van der Waals surface area contributed by atoms with Crippen LogP contribution in [0.2, 0.25) is 0 Å². The van der Waals surface area contributed by atoms with Crippen molar-refractivity contribution in [2.45, 2.75) is 52.3 Å². The van der Waals surface area contributed by atoms with Crippen LogP contribution in [0.1, 0.15) is 55.0 Å². The summed E-state index contributed by atoms with van der Waals surface area (Å²) in [6, 6.07) is 7.75. The van der Waals surface area contributed by atoms with Gasteiger partial charge in [-0.25, -0.2) is 4.68 Å². The molecule has 122 valence electrons. The number of carbonyl (C=O) groups excluding carboxylic acids is 1. The van der Waals surface area contributed by atoms with Gasteiger partial charge in [0.2, 0.25) is 0 Å². The number of rotatable bonds is 3. The highest BCUT2D eigenvalue weighted by molar-refractivity contribution is 5.93. The number of hydrogen-bond acceptors (Lipinski definition) is 4. The Morgan fingerprint density at radius 2 is 2.17 bits per heavy atom. The molecule has 1 aromatic carbocycles. The van der Waals surface area contributed by atoms with Gasteiger partial charge >= 0.3 is 0 Å². The van der Waals surface area contributed by atoms with Crippen LogP contribution in [-0.4, -0.2) is 26.5 Å². The van der Waals surface area contributed by atoms with Crippen LogP contribution in [0.15, 0.2) is 24.3 Å². The highest BCUT2D eigenvalue weighted by Gasteiger charge is 2.35. The number of amides is 1. The van der Waals surface area contributed by atoms with Gasteiger partial charge in [0.25, 0.3) is 5.91 Å². The summed E-state index contributed by atoms with van der Waals surface area (Å²) in [5, 5.41) is 11.1. The maximum absolute atomic E-state index is 12.7. The summed E-state index contributed by atoms with van der Waals surface area (Å²) in [6.45, 7) is 8.42. The van der Waals surface area contributed by atoms with Crippen molar-refractivity contribution in [2.75, 3.05) is 0 Å². The molecule has 6 nitrogen and oxygen atoms in total. The highest BCUT2D eigenvalue weighted by Crippen LogP contribution is 2.39. The molecule has 0 radical (unpaired) electrons. The molecule has 0 saturated heterocycles. The zero-order valence-electron chi connectivity index (χ0n) is 14.0. The van der Waals surface area contributed by atoms with Crippen LogP contribution in [0.3, 0.4) is 0 Å². The van der Waals surface area contributed by atoms with Crippen molar-refractivity contribution in [3.8, 4) is 5.75 Å². The van der Waals surface area contributed by atoms with Crippen molar-refractivity contribution in [1.29, 1.82) is 0 Å². The lowest BCUT2D eigenvalue weighted by Crippen LogP contribution is -2.41. The monoisotopic (exact) mass is 314 g/mol. The Hall–Kier alpha value is -2.37. The summed E-state index contributed by atoms with van der Waals surface area (Å²) >= 11 is 0. The van der Waals surface area contributed by atoms with Crippen molar-refractivity contribution in [3.05, 3.63) is 41.2 Å². The third kappa shape index (κ3) is 2.93. The lowest BCUT2D eigenvalue weighted by molar-refractivity contribution is 0.0616. The second kappa shape index (κ2) is 5.68. The van der Waals surface area contributed by atoms with E-state index in [1.807, 2.05) is 45.0 Å². The van der Waals surface area contributed by atoms with Crippen LogP contribution >= 0.6 is 0 Å². The molecule has 2 aromatic rings. The van der Waals surface area contributed by atoms with Gasteiger partial charge in [0, 0.05) is 18.5 Å². The zero-order chi connectivity index (χ0) is 16.6. The summed E-state index contributed by atoms with van der Waals surface area (Å²) in [4.78, 5) is 12.7. The van der Waals surface area contributed by atoms with Gasteiger partial charge in [-0.3, -0.25) is 4.79 Å². The summed E-state index contributed by atoms with van der Waals surface area (Å²) in [7, 11) is 0. The van der Waals surface area contributed by atoms with Crippen LogP contribution in [0.25, 0.3) is 0 Å². The Morgan fingerprint density at radius 3 is 2.91 bits per heavy atom. The smallest absolute Gasteiger partial charge is 0.272 e. The van der Waals surface area contributed by atoms with Crippen LogP contribution in [-0.2, 0) is 6.54 Å². The lowest BCUT2D eigenvalue weighted by atomic mass is 9.89. The second-order valence-electron chi connectivity index (χ2n) is 6.47. The fourth-order valence-corrected chi connectivity index (χ4v) is 3.06. The van der Waals surface area contributed by atoms with E-state index >= 15 is 0 Å². The molecule has 1 aromatic heterocycles. The molecule has 0 aliphatic carbocycles. The van der Waals surface area contributed by atoms with E-state index in [0.717, 1.165) is 11.3 Å². The number of nitrogens with one attached hydrogen (secondary N) is 1. The van der Waals surface area contributed by atoms with Crippen LogP contribution in [0, 0.1) is 6.92 Å². The van der Waals surface area contributed by atoms with Gasteiger partial charge in [0.15, 0.2) is 0 Å². The highest BCUT2D eigenvalue weighted by atomic mass is 16.5. The first-order valence-electron chi connectivity index (χ1n) is 7.90. The minimum absolute atomic E-state index is 0.0953. The van der Waals surface area contributed by atoms with Crippen LogP contribution in [0.4, 0.5) is 0 Å². The normalized spacial score (nSPS) is 18.9. The molecule has 0 saturated carbocycles. The maximum Gasteiger partial charge on any atom is 0.272 e. The maximum atomic E-state index is 12.7. The molecule has 0 fully saturated rings. The Morgan fingerprint density at radius 1 is 1.43 bits per heavy atom. The zero-order valence-corrected chi connectivity index (χ0v) is 14.0. The Labute approximate surface area is 135 Å². The van der Waals surface area contributed by atoms with E-state index < -0.39 is 0 Å². The first-order valence-corrected chi connectivity index (χ1v) is 7.90. The van der Waals surface area contributed by atoms with E-state index in [4.69, 9.17) is 4.74 Å². The number of aromatic nitrogens is 3. The molecule has 1 aliphatic rings. The average molecular weight is 314 g/mol. The predicted molar refractivity (Wildman–Crippen MR) is 86.4 cm³/mol. The van der Waals surface area contributed by atoms with Crippen LogP contribution < -0.4 is 10.1 Å². The summed E-state index contributed by atoms with van der Waals surface area (Å²) in [5.41, 5.74) is 1.84. The number of benzene rings is 1. The molecule has 6 heteroatoms. The van der Waals surface area contributed by atoms with Gasteiger partial charge in [-0.05, 0) is 33.8 Å². The predicted octanol–water partition coefficient (Wildman–Crippen LogP) is 2.64. The molecule has 2 heterocycles. The van der Waals surface area contributed by atoms with E-state index in [1.54, 1.807) is 11.6 Å². The molecule has 0 unspecified atom stereocenters. The number of nitrogens with zero attached hydrogens (tertiary/aromatic N) is 3. The minimum Gasteiger partial charge on any atom is -0.487 e. The number of fused-ring (bicyclic) bond motifs is 1. The van der Waals surface area contributed by atoms with Crippen molar-refractivity contribution >= 4 is 5.91 Å². The van der Waals surface area contributed by atoms with Gasteiger partial charge in [-0.15, -0.1) is 5.10 Å². The molecule has 23 heavy (non-hydrogen) atoms. The molecular weight excluding hydrogens is 292 g/mol. The molecule has 3 rings (SSSR count). The Balaban J connectivity index is 1.90. The number of para-hydroxylation sites is 1. The average Bonchev–Trinajstić information content (AvgIpc) is 2.87. The summed E-state index contributed by atoms with van der Waals surface area (Å²) in [6.07, 6.45) is 0.711. The molecule has 1 N–H and O–H groups in total. The van der Waals surface area contributed by atoms with E-state index in [1.165, 1.54) is 0 Å². The molecule has 1 amide bonds. The lowest BCUT2D eigenvalue weighted by Gasteiger charge is -2.37.